The van der Waals surface area contributed by atoms with Gasteiger partial charge < -0.3 is 10.1 Å². The maximum atomic E-state index is 5.82. The van der Waals surface area contributed by atoms with Crippen molar-refractivity contribution < 1.29 is 4.74 Å². The number of aromatic nitrogens is 1. The van der Waals surface area contributed by atoms with Gasteiger partial charge in [0, 0.05) is 17.8 Å². The van der Waals surface area contributed by atoms with Crippen molar-refractivity contribution in [3.8, 4) is 5.75 Å². The molecule has 0 aliphatic heterocycles. The first-order chi connectivity index (χ1) is 9.69. The molecule has 1 heterocycles. The molecule has 0 aliphatic rings. The molecule has 1 N–H and O–H groups in total. The van der Waals surface area contributed by atoms with E-state index < -0.39 is 0 Å². The quantitative estimate of drug-likeness (QED) is 0.838. The van der Waals surface area contributed by atoms with Crippen LogP contribution in [0.15, 0.2) is 29.6 Å². The topological polar surface area (TPSA) is 34.1 Å². The molecular weight excluding hydrogens is 268 g/mol. The molecule has 0 amide bonds. The Morgan fingerprint density at radius 1 is 1.35 bits per heavy atom. The fourth-order valence-corrected chi connectivity index (χ4v) is 2.65. The number of hydrogen-bond donors (Lipinski definition) is 1. The maximum absolute atomic E-state index is 5.82. The first-order valence-electron chi connectivity index (χ1n) is 7.05. The molecule has 0 unspecified atom stereocenters. The first kappa shape index (κ1) is 15.0. The standard InChI is InChI=1S/C16H22N2OS/c1-4-17-9-13-6-5-7-15(8-13)19-10-14-11-20-16(18-14)12(2)3/h5-8,11-12,17H,4,9-10H2,1-3H3. The van der Waals surface area contributed by atoms with Gasteiger partial charge in [-0.25, -0.2) is 4.98 Å². The van der Waals surface area contributed by atoms with E-state index in [4.69, 9.17) is 4.74 Å². The predicted molar refractivity (Wildman–Crippen MR) is 84.4 cm³/mol. The average Bonchev–Trinajstić information content (AvgIpc) is 2.92. The minimum Gasteiger partial charge on any atom is -0.487 e. The molecule has 108 valence electrons. The Hall–Kier alpha value is -1.39. The number of ether oxygens (including phenoxy) is 1. The van der Waals surface area contributed by atoms with Gasteiger partial charge in [0.1, 0.15) is 12.4 Å². The van der Waals surface area contributed by atoms with E-state index in [2.05, 4.69) is 48.6 Å². The molecule has 0 radical (unpaired) electrons. The summed E-state index contributed by atoms with van der Waals surface area (Å²) in [4.78, 5) is 4.58. The van der Waals surface area contributed by atoms with Crippen molar-refractivity contribution in [1.82, 2.24) is 10.3 Å². The highest BCUT2D eigenvalue weighted by Crippen LogP contribution is 2.20. The lowest BCUT2D eigenvalue weighted by Gasteiger charge is -2.07. The fraction of sp³-hybridized carbons (Fsp3) is 0.438. The maximum Gasteiger partial charge on any atom is 0.131 e. The van der Waals surface area contributed by atoms with Crippen LogP contribution in [0.25, 0.3) is 0 Å². The van der Waals surface area contributed by atoms with E-state index in [-0.39, 0.29) is 0 Å². The molecule has 1 aromatic carbocycles. The monoisotopic (exact) mass is 290 g/mol. The first-order valence-corrected chi connectivity index (χ1v) is 7.93. The highest BCUT2D eigenvalue weighted by atomic mass is 32.1. The Morgan fingerprint density at radius 3 is 2.90 bits per heavy atom. The van der Waals surface area contributed by atoms with Crippen molar-refractivity contribution in [2.75, 3.05) is 6.54 Å². The molecule has 1 aromatic heterocycles. The largest absolute Gasteiger partial charge is 0.487 e. The molecule has 2 rings (SSSR count). The molecule has 0 saturated heterocycles. The molecule has 4 heteroatoms. The van der Waals surface area contributed by atoms with Gasteiger partial charge in [0.2, 0.25) is 0 Å². The third-order valence-electron chi connectivity index (χ3n) is 2.93. The van der Waals surface area contributed by atoms with Gasteiger partial charge in [-0.05, 0) is 24.2 Å². The van der Waals surface area contributed by atoms with Crippen molar-refractivity contribution in [3.63, 3.8) is 0 Å². The summed E-state index contributed by atoms with van der Waals surface area (Å²) >= 11 is 1.71. The van der Waals surface area contributed by atoms with E-state index in [0.717, 1.165) is 24.5 Å². The second kappa shape index (κ2) is 7.41. The van der Waals surface area contributed by atoms with Gasteiger partial charge in [0.25, 0.3) is 0 Å². The minimum absolute atomic E-state index is 0.484. The van der Waals surface area contributed by atoms with Crippen molar-refractivity contribution in [2.45, 2.75) is 39.8 Å². The highest BCUT2D eigenvalue weighted by Gasteiger charge is 2.06. The van der Waals surface area contributed by atoms with Crippen molar-refractivity contribution in [2.24, 2.45) is 0 Å². The normalized spacial score (nSPS) is 11.0. The zero-order valence-electron chi connectivity index (χ0n) is 12.3. The van der Waals surface area contributed by atoms with Gasteiger partial charge in [0.05, 0.1) is 10.7 Å². The number of benzene rings is 1. The highest BCUT2D eigenvalue weighted by molar-refractivity contribution is 7.09. The van der Waals surface area contributed by atoms with E-state index in [1.807, 2.05) is 12.1 Å². The van der Waals surface area contributed by atoms with Gasteiger partial charge in [-0.1, -0.05) is 32.9 Å². The van der Waals surface area contributed by atoms with Crippen LogP contribution in [0, 0.1) is 0 Å². The number of nitrogens with one attached hydrogen (secondary N) is 1. The summed E-state index contributed by atoms with van der Waals surface area (Å²) in [5.41, 5.74) is 2.25. The van der Waals surface area contributed by atoms with Crippen LogP contribution in [-0.4, -0.2) is 11.5 Å². The predicted octanol–water partition coefficient (Wildman–Crippen LogP) is 3.96. The zero-order valence-corrected chi connectivity index (χ0v) is 13.2. The van der Waals surface area contributed by atoms with Crippen molar-refractivity contribution >= 4 is 11.3 Å². The van der Waals surface area contributed by atoms with Gasteiger partial charge in [-0.2, -0.15) is 0 Å². The second-order valence-electron chi connectivity index (χ2n) is 5.05. The van der Waals surface area contributed by atoms with Crippen LogP contribution >= 0.6 is 11.3 Å². The third kappa shape index (κ3) is 4.32. The van der Waals surface area contributed by atoms with Crippen LogP contribution in [0.2, 0.25) is 0 Å². The lowest BCUT2D eigenvalue weighted by atomic mass is 10.2. The third-order valence-corrected chi connectivity index (χ3v) is 4.12. The van der Waals surface area contributed by atoms with E-state index in [0.29, 0.717) is 12.5 Å². The number of nitrogens with zero attached hydrogens (tertiary/aromatic N) is 1. The summed E-state index contributed by atoms with van der Waals surface area (Å²) in [6, 6.07) is 8.21. The Bertz CT molecular complexity index is 537. The summed E-state index contributed by atoms with van der Waals surface area (Å²) in [6.45, 7) is 8.81. The second-order valence-corrected chi connectivity index (χ2v) is 5.94. The van der Waals surface area contributed by atoms with Crippen molar-refractivity contribution in [1.29, 1.82) is 0 Å². The molecule has 0 spiro atoms. The van der Waals surface area contributed by atoms with Crippen LogP contribution in [-0.2, 0) is 13.2 Å². The molecule has 0 aliphatic carbocycles. The number of hydrogen-bond acceptors (Lipinski definition) is 4. The zero-order chi connectivity index (χ0) is 14.4. The van der Waals surface area contributed by atoms with Gasteiger partial charge in [0.15, 0.2) is 0 Å². The molecule has 20 heavy (non-hydrogen) atoms. The van der Waals surface area contributed by atoms with Gasteiger partial charge >= 0.3 is 0 Å². The lowest BCUT2D eigenvalue weighted by Crippen LogP contribution is -2.11. The van der Waals surface area contributed by atoms with E-state index >= 15 is 0 Å². The molecule has 3 nitrogen and oxygen atoms in total. The van der Waals surface area contributed by atoms with Crippen LogP contribution in [0.5, 0.6) is 5.75 Å². The fourth-order valence-electron chi connectivity index (χ4n) is 1.83. The van der Waals surface area contributed by atoms with Crippen molar-refractivity contribution in [3.05, 3.63) is 45.9 Å². The van der Waals surface area contributed by atoms with E-state index in [9.17, 15) is 0 Å². The van der Waals surface area contributed by atoms with Crippen LogP contribution in [0.1, 0.15) is 43.0 Å². The molecular formula is C16H22N2OS. The van der Waals surface area contributed by atoms with Crippen LogP contribution in [0.3, 0.4) is 0 Å². The smallest absolute Gasteiger partial charge is 0.131 e. The van der Waals surface area contributed by atoms with E-state index in [1.165, 1.54) is 10.6 Å². The van der Waals surface area contributed by atoms with Gasteiger partial charge in [-0.3, -0.25) is 0 Å². The SMILES string of the molecule is CCNCc1cccc(OCc2csc(C(C)C)n2)c1. The Morgan fingerprint density at radius 2 is 2.20 bits per heavy atom. The molecule has 2 aromatic rings. The van der Waals surface area contributed by atoms with Crippen LogP contribution in [0.4, 0.5) is 0 Å². The average molecular weight is 290 g/mol. The summed E-state index contributed by atoms with van der Waals surface area (Å²) in [5, 5.41) is 6.57. The number of rotatable bonds is 7. The Balaban J connectivity index is 1.92. The lowest BCUT2D eigenvalue weighted by molar-refractivity contribution is 0.301. The molecule has 0 saturated carbocycles. The van der Waals surface area contributed by atoms with Crippen LogP contribution < -0.4 is 10.1 Å². The summed E-state index contributed by atoms with van der Waals surface area (Å²) in [6.07, 6.45) is 0. The summed E-state index contributed by atoms with van der Waals surface area (Å²) in [7, 11) is 0. The Kier molecular flexibility index (Phi) is 5.56. The molecule has 0 bridgehead atoms. The van der Waals surface area contributed by atoms with Gasteiger partial charge in [-0.15, -0.1) is 11.3 Å². The Labute approximate surface area is 125 Å². The van der Waals surface area contributed by atoms with E-state index in [1.54, 1.807) is 11.3 Å². The summed E-state index contributed by atoms with van der Waals surface area (Å²) < 4.78 is 5.82. The number of thiazole rings is 1. The molecule has 0 fully saturated rings. The molecule has 0 atom stereocenters. The summed E-state index contributed by atoms with van der Waals surface area (Å²) in [5.74, 6) is 1.39. The minimum atomic E-state index is 0.484.